The Hall–Kier alpha value is -3.26. The molecule has 0 fully saturated rings. The highest BCUT2D eigenvalue weighted by molar-refractivity contribution is 5.85. The van der Waals surface area contributed by atoms with Crippen molar-refractivity contribution in [2.24, 2.45) is 0 Å². The maximum atomic E-state index is 10.6. The van der Waals surface area contributed by atoms with E-state index in [0.717, 1.165) is 17.2 Å². The van der Waals surface area contributed by atoms with E-state index in [0.29, 0.717) is 17.1 Å². The van der Waals surface area contributed by atoms with Gasteiger partial charge in [-0.1, -0.05) is 6.07 Å². The fraction of sp³-hybridized carbons (Fsp3) is 0.111. The molecule has 2 aromatic carbocycles. The van der Waals surface area contributed by atoms with Gasteiger partial charge in [-0.15, -0.1) is 0 Å². The van der Waals surface area contributed by atoms with Gasteiger partial charge in [-0.2, -0.15) is 5.26 Å². The zero-order chi connectivity index (χ0) is 16.7. The average Bonchev–Trinajstić information content (AvgIpc) is 2.58. The summed E-state index contributed by atoms with van der Waals surface area (Å²) in [6, 6.07) is 14.2. The van der Waals surface area contributed by atoms with Gasteiger partial charge < -0.3 is 14.6 Å². The molecule has 0 aromatic heterocycles. The van der Waals surface area contributed by atoms with Gasteiger partial charge in [0.25, 0.3) is 0 Å². The first kappa shape index (κ1) is 16.1. The molecule has 0 saturated heterocycles. The Balaban J connectivity index is 2.14. The van der Waals surface area contributed by atoms with Crippen LogP contribution in [0.3, 0.4) is 0 Å². The highest BCUT2D eigenvalue weighted by atomic mass is 16.5. The molecular formula is C18H15NO4. The van der Waals surface area contributed by atoms with Gasteiger partial charge in [-0.3, -0.25) is 0 Å². The lowest BCUT2D eigenvalue weighted by atomic mass is 10.1. The number of ether oxygens (including phenoxy) is 2. The predicted octanol–water partition coefficient (Wildman–Crippen LogP) is 3.24. The molecule has 0 spiro atoms. The average molecular weight is 309 g/mol. The molecule has 0 atom stereocenters. The fourth-order valence-corrected chi connectivity index (χ4v) is 1.97. The quantitative estimate of drug-likeness (QED) is 0.829. The monoisotopic (exact) mass is 309 g/mol. The van der Waals surface area contributed by atoms with Crippen LogP contribution in [0.25, 0.3) is 6.08 Å². The van der Waals surface area contributed by atoms with Crippen LogP contribution < -0.4 is 9.47 Å². The van der Waals surface area contributed by atoms with Gasteiger partial charge in [0.05, 0.1) is 18.7 Å². The molecular weight excluding hydrogens is 294 g/mol. The first-order valence-electron chi connectivity index (χ1n) is 6.83. The minimum atomic E-state index is -1.00. The summed E-state index contributed by atoms with van der Waals surface area (Å²) < 4.78 is 11.0. The van der Waals surface area contributed by atoms with Crippen molar-refractivity contribution in [3.05, 3.63) is 65.2 Å². The van der Waals surface area contributed by atoms with Crippen LogP contribution in [0.15, 0.2) is 48.5 Å². The van der Waals surface area contributed by atoms with E-state index in [1.165, 1.54) is 6.08 Å². The molecule has 0 aliphatic carbocycles. The molecule has 0 bridgehead atoms. The normalized spacial score (nSPS) is 10.3. The second-order valence-corrected chi connectivity index (χ2v) is 4.67. The van der Waals surface area contributed by atoms with E-state index in [2.05, 4.69) is 0 Å². The largest absolute Gasteiger partial charge is 0.496 e. The number of carboxylic acid groups (broad SMARTS) is 1. The highest BCUT2D eigenvalue weighted by Crippen LogP contribution is 2.23. The number of methoxy groups -OCH3 is 1. The maximum absolute atomic E-state index is 10.6. The summed E-state index contributed by atoms with van der Waals surface area (Å²) >= 11 is 0. The van der Waals surface area contributed by atoms with E-state index in [9.17, 15) is 4.79 Å². The van der Waals surface area contributed by atoms with Crippen molar-refractivity contribution in [3.63, 3.8) is 0 Å². The molecule has 0 aliphatic heterocycles. The van der Waals surface area contributed by atoms with Crippen LogP contribution in [0.2, 0.25) is 0 Å². The minimum absolute atomic E-state index is 0.268. The molecule has 0 saturated carbocycles. The standard InChI is InChI=1S/C18H15NO4/c1-22-17-8-4-13(5-9-18(20)21)10-15(17)12-23-16-6-2-14(11-19)3-7-16/h2-10H,12H2,1H3,(H,20,21). The topological polar surface area (TPSA) is 79.6 Å². The first-order chi connectivity index (χ1) is 11.1. The van der Waals surface area contributed by atoms with Crippen LogP contribution in [0.4, 0.5) is 0 Å². The molecule has 1 N–H and O–H groups in total. The second kappa shape index (κ2) is 7.66. The van der Waals surface area contributed by atoms with Crippen molar-refractivity contribution >= 4 is 12.0 Å². The van der Waals surface area contributed by atoms with E-state index >= 15 is 0 Å². The van der Waals surface area contributed by atoms with Gasteiger partial charge in [-0.05, 0) is 48.0 Å². The van der Waals surface area contributed by atoms with Crippen LogP contribution in [-0.4, -0.2) is 18.2 Å². The van der Waals surface area contributed by atoms with Crippen molar-refractivity contribution in [3.8, 4) is 17.6 Å². The van der Waals surface area contributed by atoms with Crippen LogP contribution in [-0.2, 0) is 11.4 Å². The summed E-state index contributed by atoms with van der Waals surface area (Å²) in [5.41, 5.74) is 2.10. The third kappa shape index (κ3) is 4.61. The Morgan fingerprint density at radius 2 is 2.00 bits per heavy atom. The van der Waals surface area contributed by atoms with E-state index in [4.69, 9.17) is 19.8 Å². The SMILES string of the molecule is COc1ccc(C=CC(=O)O)cc1COc1ccc(C#N)cc1. The van der Waals surface area contributed by atoms with Crippen molar-refractivity contribution in [2.75, 3.05) is 7.11 Å². The van der Waals surface area contributed by atoms with Gasteiger partial charge in [0.15, 0.2) is 0 Å². The fourth-order valence-electron chi connectivity index (χ4n) is 1.97. The van der Waals surface area contributed by atoms with E-state index in [1.807, 2.05) is 12.1 Å². The number of hydrogen-bond donors (Lipinski definition) is 1. The molecule has 0 heterocycles. The van der Waals surface area contributed by atoms with Gasteiger partial charge in [0.1, 0.15) is 18.1 Å². The summed E-state index contributed by atoms with van der Waals surface area (Å²) in [4.78, 5) is 10.6. The van der Waals surface area contributed by atoms with Crippen molar-refractivity contribution in [1.82, 2.24) is 0 Å². The Morgan fingerprint density at radius 1 is 1.26 bits per heavy atom. The molecule has 2 rings (SSSR count). The number of carbonyl (C=O) groups is 1. The predicted molar refractivity (Wildman–Crippen MR) is 85.2 cm³/mol. The van der Waals surface area contributed by atoms with E-state index < -0.39 is 5.97 Å². The van der Waals surface area contributed by atoms with Gasteiger partial charge in [0, 0.05) is 11.6 Å². The third-order valence-electron chi connectivity index (χ3n) is 3.10. The molecule has 0 aliphatic rings. The van der Waals surface area contributed by atoms with Gasteiger partial charge in [0.2, 0.25) is 0 Å². The lowest BCUT2D eigenvalue weighted by molar-refractivity contribution is -0.131. The number of benzene rings is 2. The summed E-state index contributed by atoms with van der Waals surface area (Å²) in [7, 11) is 1.56. The Kier molecular flexibility index (Phi) is 5.37. The van der Waals surface area contributed by atoms with E-state index in [1.54, 1.807) is 43.5 Å². The van der Waals surface area contributed by atoms with Gasteiger partial charge in [-0.25, -0.2) is 4.79 Å². The smallest absolute Gasteiger partial charge is 0.328 e. The first-order valence-corrected chi connectivity index (χ1v) is 6.83. The Morgan fingerprint density at radius 3 is 2.61 bits per heavy atom. The molecule has 116 valence electrons. The number of rotatable bonds is 6. The van der Waals surface area contributed by atoms with Crippen LogP contribution in [0.5, 0.6) is 11.5 Å². The Bertz CT molecular complexity index is 758. The highest BCUT2D eigenvalue weighted by Gasteiger charge is 2.05. The number of aliphatic carboxylic acids is 1. The summed E-state index contributed by atoms with van der Waals surface area (Å²) in [6.07, 6.45) is 2.58. The van der Waals surface area contributed by atoms with Crippen LogP contribution in [0.1, 0.15) is 16.7 Å². The minimum Gasteiger partial charge on any atom is -0.496 e. The Labute approximate surface area is 134 Å². The van der Waals surface area contributed by atoms with Crippen LogP contribution in [0, 0.1) is 11.3 Å². The molecule has 5 nitrogen and oxygen atoms in total. The number of nitriles is 1. The summed E-state index contributed by atoms with van der Waals surface area (Å²) in [6.45, 7) is 0.268. The van der Waals surface area contributed by atoms with Crippen molar-refractivity contribution < 1.29 is 19.4 Å². The lowest BCUT2D eigenvalue weighted by Gasteiger charge is -2.11. The number of nitrogens with zero attached hydrogens (tertiary/aromatic N) is 1. The molecule has 0 amide bonds. The van der Waals surface area contributed by atoms with Crippen LogP contribution >= 0.6 is 0 Å². The van der Waals surface area contributed by atoms with E-state index in [-0.39, 0.29) is 6.61 Å². The van der Waals surface area contributed by atoms with Gasteiger partial charge >= 0.3 is 5.97 Å². The summed E-state index contributed by atoms with van der Waals surface area (Å²) in [5.74, 6) is 0.292. The third-order valence-corrected chi connectivity index (χ3v) is 3.10. The molecule has 23 heavy (non-hydrogen) atoms. The molecule has 5 heteroatoms. The molecule has 0 radical (unpaired) electrons. The molecule has 0 unspecified atom stereocenters. The van der Waals surface area contributed by atoms with Crippen molar-refractivity contribution in [2.45, 2.75) is 6.61 Å². The maximum Gasteiger partial charge on any atom is 0.328 e. The lowest BCUT2D eigenvalue weighted by Crippen LogP contribution is -1.99. The zero-order valence-corrected chi connectivity index (χ0v) is 12.5. The second-order valence-electron chi connectivity index (χ2n) is 4.67. The summed E-state index contributed by atoms with van der Waals surface area (Å²) in [5, 5.41) is 17.4. The van der Waals surface area contributed by atoms with Crippen molar-refractivity contribution in [1.29, 1.82) is 5.26 Å². The number of hydrogen-bond acceptors (Lipinski definition) is 4. The number of carboxylic acids is 1. The zero-order valence-electron chi connectivity index (χ0n) is 12.5. The molecule has 2 aromatic rings.